The van der Waals surface area contributed by atoms with Gasteiger partial charge in [0.05, 0.1) is 12.3 Å². The molecule has 1 rings (SSSR count). The lowest BCUT2D eigenvalue weighted by Crippen LogP contribution is -2.24. The quantitative estimate of drug-likeness (QED) is 0.757. The maximum Gasteiger partial charge on any atom is 0.371 e. The Morgan fingerprint density at radius 3 is 2.56 bits per heavy atom. The van der Waals surface area contributed by atoms with Crippen LogP contribution in [-0.4, -0.2) is 37.4 Å². The van der Waals surface area contributed by atoms with Crippen molar-refractivity contribution < 1.29 is 27.5 Å². The van der Waals surface area contributed by atoms with Gasteiger partial charge >= 0.3 is 5.97 Å². The molecule has 1 heterocycles. The molecule has 0 fully saturated rings. The van der Waals surface area contributed by atoms with E-state index in [1.165, 1.54) is 12.1 Å². The molecule has 7 nitrogen and oxygen atoms in total. The molecule has 2 N–H and O–H groups in total. The fraction of sp³-hybridized carbons (Fsp3) is 0.400. The monoisotopic (exact) mass is 275 g/mol. The molecule has 1 aromatic heterocycles. The lowest BCUT2D eigenvalue weighted by Gasteiger charge is -2.02. The summed E-state index contributed by atoms with van der Waals surface area (Å²) in [6.45, 7) is 0.0237. The molecule has 0 aromatic carbocycles. The lowest BCUT2D eigenvalue weighted by molar-refractivity contribution is -0.120. The van der Waals surface area contributed by atoms with Gasteiger partial charge in [0.25, 0.3) is 0 Å². The minimum absolute atomic E-state index is 0.0237. The molecular weight excluding hydrogens is 262 g/mol. The van der Waals surface area contributed by atoms with Crippen molar-refractivity contribution in [2.45, 2.75) is 13.0 Å². The van der Waals surface area contributed by atoms with Gasteiger partial charge in [0.2, 0.25) is 11.7 Å². The van der Waals surface area contributed by atoms with Crippen LogP contribution in [-0.2, 0) is 21.2 Å². The van der Waals surface area contributed by atoms with E-state index in [2.05, 4.69) is 5.32 Å². The van der Waals surface area contributed by atoms with Crippen molar-refractivity contribution in [1.82, 2.24) is 5.32 Å². The summed E-state index contributed by atoms with van der Waals surface area (Å²) in [7, 11) is -3.17. The van der Waals surface area contributed by atoms with Crippen LogP contribution in [0.2, 0.25) is 0 Å². The van der Waals surface area contributed by atoms with Gasteiger partial charge in [-0.25, -0.2) is 13.2 Å². The number of carboxylic acid groups (broad SMARTS) is 1. The van der Waals surface area contributed by atoms with Gasteiger partial charge in [0, 0.05) is 12.7 Å². The van der Waals surface area contributed by atoms with Gasteiger partial charge in [-0.3, -0.25) is 4.79 Å². The molecule has 0 radical (unpaired) electrons. The number of aromatic carboxylic acids is 1. The molecule has 100 valence electrons. The van der Waals surface area contributed by atoms with Gasteiger partial charge in [-0.15, -0.1) is 0 Å². The summed E-state index contributed by atoms with van der Waals surface area (Å²) in [5.41, 5.74) is 0. The topological polar surface area (TPSA) is 114 Å². The highest BCUT2D eigenvalue weighted by molar-refractivity contribution is 7.90. The minimum atomic E-state index is -3.17. The first-order valence-electron chi connectivity index (χ1n) is 5.04. The third-order valence-corrected chi connectivity index (χ3v) is 2.98. The molecule has 18 heavy (non-hydrogen) atoms. The highest BCUT2D eigenvalue weighted by Crippen LogP contribution is 2.07. The van der Waals surface area contributed by atoms with Gasteiger partial charge in [-0.1, -0.05) is 0 Å². The fourth-order valence-corrected chi connectivity index (χ4v) is 1.70. The molecule has 0 unspecified atom stereocenters. The molecule has 1 amide bonds. The van der Waals surface area contributed by atoms with E-state index in [9.17, 15) is 18.0 Å². The zero-order valence-corrected chi connectivity index (χ0v) is 10.5. The third-order valence-electron chi connectivity index (χ3n) is 2.03. The van der Waals surface area contributed by atoms with E-state index in [0.717, 1.165) is 6.26 Å². The zero-order valence-electron chi connectivity index (χ0n) is 9.67. The Morgan fingerprint density at radius 2 is 2.06 bits per heavy atom. The van der Waals surface area contributed by atoms with Crippen molar-refractivity contribution in [2.24, 2.45) is 0 Å². The van der Waals surface area contributed by atoms with E-state index in [1.807, 2.05) is 0 Å². The summed E-state index contributed by atoms with van der Waals surface area (Å²) in [6.07, 6.45) is 0.914. The van der Waals surface area contributed by atoms with Crippen LogP contribution >= 0.6 is 0 Å². The second-order valence-electron chi connectivity index (χ2n) is 3.73. The standard InChI is InChI=1S/C10H13NO6S/c1-18(15,16)5-4-9(12)11-6-7-2-3-8(17-7)10(13)14/h2-3H,4-6H2,1H3,(H,11,12)(H,13,14). The van der Waals surface area contributed by atoms with Gasteiger partial charge < -0.3 is 14.8 Å². The number of nitrogens with one attached hydrogen (secondary N) is 1. The van der Waals surface area contributed by atoms with Crippen LogP contribution in [0.25, 0.3) is 0 Å². The number of amides is 1. The lowest BCUT2D eigenvalue weighted by atomic mass is 10.4. The Balaban J connectivity index is 2.40. The number of sulfone groups is 1. The van der Waals surface area contributed by atoms with E-state index in [-0.39, 0.29) is 24.5 Å². The molecule has 0 aliphatic carbocycles. The van der Waals surface area contributed by atoms with Crippen LogP contribution in [0.15, 0.2) is 16.5 Å². The van der Waals surface area contributed by atoms with Crippen molar-refractivity contribution in [3.63, 3.8) is 0 Å². The van der Waals surface area contributed by atoms with E-state index in [4.69, 9.17) is 9.52 Å². The molecule has 0 aliphatic heterocycles. The Labute approximate surface area is 104 Å². The van der Waals surface area contributed by atoms with Gasteiger partial charge in [-0.05, 0) is 12.1 Å². The second-order valence-corrected chi connectivity index (χ2v) is 5.99. The first kappa shape index (κ1) is 14.2. The molecule has 1 aromatic rings. The smallest absolute Gasteiger partial charge is 0.371 e. The summed E-state index contributed by atoms with van der Waals surface area (Å²) in [5, 5.41) is 11.0. The largest absolute Gasteiger partial charge is 0.475 e. The van der Waals surface area contributed by atoms with E-state index in [0.29, 0.717) is 5.76 Å². The molecule has 8 heteroatoms. The van der Waals surface area contributed by atoms with Crippen LogP contribution in [0.3, 0.4) is 0 Å². The molecule has 0 atom stereocenters. The molecule has 0 saturated heterocycles. The van der Waals surface area contributed by atoms with Crippen LogP contribution in [0.4, 0.5) is 0 Å². The summed E-state index contributed by atoms with van der Waals surface area (Å²) in [6, 6.07) is 2.71. The summed E-state index contributed by atoms with van der Waals surface area (Å²) < 4.78 is 26.6. The first-order chi connectivity index (χ1) is 8.28. The fourth-order valence-electron chi connectivity index (χ4n) is 1.14. The Bertz CT molecular complexity index is 544. The summed E-state index contributed by atoms with van der Waals surface area (Å²) >= 11 is 0. The maximum atomic E-state index is 11.3. The van der Waals surface area contributed by atoms with Crippen molar-refractivity contribution in [1.29, 1.82) is 0 Å². The number of hydrogen-bond donors (Lipinski definition) is 2. The molecule has 0 saturated carbocycles. The van der Waals surface area contributed by atoms with Crippen LogP contribution in [0, 0.1) is 0 Å². The highest BCUT2D eigenvalue weighted by Gasteiger charge is 2.11. The van der Waals surface area contributed by atoms with Gasteiger partial charge in [0.1, 0.15) is 15.6 Å². The minimum Gasteiger partial charge on any atom is -0.475 e. The van der Waals surface area contributed by atoms with Gasteiger partial charge in [0.15, 0.2) is 0 Å². The summed E-state index contributed by atoms with van der Waals surface area (Å²) in [5.74, 6) is -1.77. The van der Waals surface area contributed by atoms with E-state index >= 15 is 0 Å². The van der Waals surface area contributed by atoms with Crippen LogP contribution in [0.1, 0.15) is 22.7 Å². The number of carbonyl (C=O) groups is 2. The second kappa shape index (κ2) is 5.67. The number of rotatable bonds is 6. The Morgan fingerprint density at radius 1 is 1.39 bits per heavy atom. The molecule has 0 aliphatic rings. The number of furan rings is 1. The number of carboxylic acids is 1. The van der Waals surface area contributed by atoms with Crippen LogP contribution in [0.5, 0.6) is 0 Å². The van der Waals surface area contributed by atoms with Crippen molar-refractivity contribution in [3.8, 4) is 0 Å². The predicted octanol–water partition coefficient (Wildman–Crippen LogP) is 0.0287. The van der Waals surface area contributed by atoms with Crippen molar-refractivity contribution in [3.05, 3.63) is 23.7 Å². The molecule has 0 bridgehead atoms. The van der Waals surface area contributed by atoms with Crippen molar-refractivity contribution >= 4 is 21.7 Å². The van der Waals surface area contributed by atoms with E-state index in [1.54, 1.807) is 0 Å². The Hall–Kier alpha value is -1.83. The van der Waals surface area contributed by atoms with E-state index < -0.39 is 21.7 Å². The third kappa shape index (κ3) is 5.00. The summed E-state index contributed by atoms with van der Waals surface area (Å²) in [4.78, 5) is 21.8. The predicted molar refractivity (Wildman–Crippen MR) is 61.8 cm³/mol. The number of hydrogen-bond acceptors (Lipinski definition) is 5. The number of carbonyl (C=O) groups excluding carboxylic acids is 1. The SMILES string of the molecule is CS(=O)(=O)CCC(=O)NCc1ccc(C(=O)O)o1. The van der Waals surface area contributed by atoms with Crippen LogP contribution < -0.4 is 5.32 Å². The zero-order chi connectivity index (χ0) is 13.8. The Kier molecular flexibility index (Phi) is 4.49. The maximum absolute atomic E-state index is 11.3. The van der Waals surface area contributed by atoms with Gasteiger partial charge in [-0.2, -0.15) is 0 Å². The van der Waals surface area contributed by atoms with Crippen molar-refractivity contribution in [2.75, 3.05) is 12.0 Å². The average Bonchev–Trinajstić information content (AvgIpc) is 2.71. The normalized spacial score (nSPS) is 11.2. The first-order valence-corrected chi connectivity index (χ1v) is 7.10. The molecular formula is C10H13NO6S. The average molecular weight is 275 g/mol. The molecule has 0 spiro atoms. The highest BCUT2D eigenvalue weighted by atomic mass is 32.2.